The van der Waals surface area contributed by atoms with E-state index in [1.54, 1.807) is 31.4 Å². The van der Waals surface area contributed by atoms with Gasteiger partial charge in [0, 0.05) is 31.4 Å². The monoisotopic (exact) mass is 331 g/mol. The molecule has 5 nitrogen and oxygen atoms in total. The van der Waals surface area contributed by atoms with E-state index >= 15 is 0 Å². The maximum atomic E-state index is 13.8. The first-order chi connectivity index (χ1) is 11.6. The van der Waals surface area contributed by atoms with Crippen molar-refractivity contribution in [1.29, 1.82) is 0 Å². The first-order valence-corrected chi connectivity index (χ1v) is 6.96. The van der Waals surface area contributed by atoms with Crippen molar-refractivity contribution < 1.29 is 13.2 Å². The van der Waals surface area contributed by atoms with Gasteiger partial charge in [0.2, 0.25) is 5.95 Å². The molecule has 0 spiro atoms. The van der Waals surface area contributed by atoms with Gasteiger partial charge in [0.15, 0.2) is 11.6 Å². The standard InChI is InChI=1S/C16H12F3N5/c1-20-16-22-13(12-4-2-3-5-21-12)8-14(24-16)23-15-10(18)6-9(17)7-11(15)19/h2-8H,1H3,(H2,20,22,23,24). The number of nitrogens with zero attached hydrogens (tertiary/aromatic N) is 3. The number of anilines is 3. The van der Waals surface area contributed by atoms with Gasteiger partial charge in [-0.1, -0.05) is 6.07 Å². The minimum absolute atomic E-state index is 0.138. The zero-order valence-corrected chi connectivity index (χ0v) is 12.5. The molecule has 3 rings (SSSR count). The van der Waals surface area contributed by atoms with E-state index in [0.717, 1.165) is 0 Å². The maximum absolute atomic E-state index is 13.8. The van der Waals surface area contributed by atoms with Crippen molar-refractivity contribution in [2.45, 2.75) is 0 Å². The highest BCUT2D eigenvalue weighted by Crippen LogP contribution is 2.26. The van der Waals surface area contributed by atoms with Crippen LogP contribution >= 0.6 is 0 Å². The average Bonchev–Trinajstić information content (AvgIpc) is 2.58. The minimum Gasteiger partial charge on any atom is -0.357 e. The van der Waals surface area contributed by atoms with E-state index in [0.29, 0.717) is 23.5 Å². The third-order valence-corrected chi connectivity index (χ3v) is 3.14. The van der Waals surface area contributed by atoms with Crippen LogP contribution in [0, 0.1) is 17.5 Å². The van der Waals surface area contributed by atoms with E-state index < -0.39 is 23.1 Å². The van der Waals surface area contributed by atoms with Gasteiger partial charge >= 0.3 is 0 Å². The lowest BCUT2D eigenvalue weighted by Gasteiger charge is -2.11. The fraction of sp³-hybridized carbons (Fsp3) is 0.0625. The lowest BCUT2D eigenvalue weighted by Crippen LogP contribution is -2.05. The van der Waals surface area contributed by atoms with Gasteiger partial charge in [0.25, 0.3) is 0 Å². The first-order valence-electron chi connectivity index (χ1n) is 6.96. The number of halogens is 3. The number of aromatic nitrogens is 3. The second kappa shape index (κ2) is 6.53. The van der Waals surface area contributed by atoms with Gasteiger partial charge < -0.3 is 10.6 Å². The van der Waals surface area contributed by atoms with Crippen LogP contribution in [0.5, 0.6) is 0 Å². The number of hydrogen-bond donors (Lipinski definition) is 2. The average molecular weight is 331 g/mol. The Balaban J connectivity index is 2.03. The summed E-state index contributed by atoms with van der Waals surface area (Å²) in [5, 5.41) is 5.28. The fourth-order valence-electron chi connectivity index (χ4n) is 2.06. The molecule has 0 saturated carbocycles. The highest BCUT2D eigenvalue weighted by Gasteiger charge is 2.14. The molecule has 0 fully saturated rings. The number of hydrogen-bond acceptors (Lipinski definition) is 5. The Morgan fingerprint density at radius 3 is 2.29 bits per heavy atom. The summed E-state index contributed by atoms with van der Waals surface area (Å²) in [5.74, 6) is -2.74. The van der Waals surface area contributed by atoms with E-state index in [9.17, 15) is 13.2 Å². The summed E-state index contributed by atoms with van der Waals surface area (Å²) in [5.41, 5.74) is 0.531. The van der Waals surface area contributed by atoms with Crippen molar-refractivity contribution in [1.82, 2.24) is 15.0 Å². The molecule has 2 aromatic heterocycles. The van der Waals surface area contributed by atoms with E-state index in [2.05, 4.69) is 25.6 Å². The molecule has 8 heteroatoms. The molecule has 0 aliphatic rings. The van der Waals surface area contributed by atoms with Crippen LogP contribution in [0.25, 0.3) is 11.4 Å². The molecular formula is C16H12F3N5. The molecule has 1 aromatic carbocycles. The minimum atomic E-state index is -1.06. The summed E-state index contributed by atoms with van der Waals surface area (Å²) < 4.78 is 40.6. The van der Waals surface area contributed by atoms with Gasteiger partial charge in [-0.3, -0.25) is 4.98 Å². The Labute approximate surface area is 135 Å². The van der Waals surface area contributed by atoms with Crippen molar-refractivity contribution in [2.75, 3.05) is 17.7 Å². The summed E-state index contributed by atoms with van der Waals surface area (Å²) >= 11 is 0. The molecule has 3 aromatic rings. The van der Waals surface area contributed by atoms with Crippen LogP contribution in [0.2, 0.25) is 0 Å². The van der Waals surface area contributed by atoms with Gasteiger partial charge in [0.1, 0.15) is 17.3 Å². The number of pyridine rings is 1. The third kappa shape index (κ3) is 3.27. The van der Waals surface area contributed by atoms with Gasteiger partial charge in [-0.15, -0.1) is 0 Å². The summed E-state index contributed by atoms with van der Waals surface area (Å²) in [4.78, 5) is 12.5. The van der Waals surface area contributed by atoms with Crippen molar-refractivity contribution in [3.05, 3.63) is 60.0 Å². The highest BCUT2D eigenvalue weighted by atomic mass is 19.1. The van der Waals surface area contributed by atoms with Crippen LogP contribution in [0.1, 0.15) is 0 Å². The van der Waals surface area contributed by atoms with Crippen molar-refractivity contribution >= 4 is 17.5 Å². The van der Waals surface area contributed by atoms with E-state index in [4.69, 9.17) is 0 Å². The smallest absolute Gasteiger partial charge is 0.225 e. The molecule has 122 valence electrons. The largest absolute Gasteiger partial charge is 0.357 e. The summed E-state index contributed by atoms with van der Waals surface area (Å²) in [7, 11) is 1.61. The molecule has 2 heterocycles. The number of rotatable bonds is 4. The Kier molecular flexibility index (Phi) is 4.28. The van der Waals surface area contributed by atoms with Crippen molar-refractivity contribution in [2.24, 2.45) is 0 Å². The Morgan fingerprint density at radius 1 is 0.917 bits per heavy atom. The normalized spacial score (nSPS) is 10.5. The summed E-state index contributed by atoms with van der Waals surface area (Å²) in [6, 6.07) is 7.95. The zero-order chi connectivity index (χ0) is 17.1. The van der Waals surface area contributed by atoms with Crippen LogP contribution in [-0.2, 0) is 0 Å². The van der Waals surface area contributed by atoms with Crippen LogP contribution in [0.4, 0.5) is 30.6 Å². The second-order valence-corrected chi connectivity index (χ2v) is 4.80. The van der Waals surface area contributed by atoms with Crippen molar-refractivity contribution in [3.63, 3.8) is 0 Å². The Morgan fingerprint density at radius 2 is 1.67 bits per heavy atom. The predicted octanol–water partition coefficient (Wildman–Crippen LogP) is 3.74. The van der Waals surface area contributed by atoms with Crippen LogP contribution in [-0.4, -0.2) is 22.0 Å². The molecule has 0 bridgehead atoms. The third-order valence-electron chi connectivity index (χ3n) is 3.14. The van der Waals surface area contributed by atoms with Gasteiger partial charge in [0.05, 0.1) is 11.4 Å². The summed E-state index contributed by atoms with van der Waals surface area (Å²) in [6.45, 7) is 0. The lowest BCUT2D eigenvalue weighted by molar-refractivity contribution is 0.549. The molecule has 0 amide bonds. The topological polar surface area (TPSA) is 62.7 Å². The van der Waals surface area contributed by atoms with E-state index in [1.807, 2.05) is 0 Å². The number of benzene rings is 1. The van der Waals surface area contributed by atoms with Gasteiger partial charge in [-0.05, 0) is 12.1 Å². The quantitative estimate of drug-likeness (QED) is 0.762. The molecule has 0 saturated heterocycles. The SMILES string of the molecule is CNc1nc(Nc2c(F)cc(F)cc2F)cc(-c2ccccn2)n1. The second-order valence-electron chi connectivity index (χ2n) is 4.80. The molecule has 0 unspecified atom stereocenters. The fourth-order valence-corrected chi connectivity index (χ4v) is 2.06. The molecule has 0 atom stereocenters. The van der Waals surface area contributed by atoms with Gasteiger partial charge in [-0.2, -0.15) is 4.98 Å². The Hall–Kier alpha value is -3.16. The summed E-state index contributed by atoms with van der Waals surface area (Å²) in [6.07, 6.45) is 1.60. The van der Waals surface area contributed by atoms with Crippen LogP contribution < -0.4 is 10.6 Å². The highest BCUT2D eigenvalue weighted by molar-refractivity contribution is 5.65. The molecule has 2 N–H and O–H groups in total. The maximum Gasteiger partial charge on any atom is 0.225 e. The first kappa shape index (κ1) is 15.7. The predicted molar refractivity (Wildman–Crippen MR) is 84.4 cm³/mol. The molecule has 0 aliphatic carbocycles. The molecule has 0 aliphatic heterocycles. The zero-order valence-electron chi connectivity index (χ0n) is 12.5. The van der Waals surface area contributed by atoms with E-state index in [1.165, 1.54) is 6.07 Å². The molecular weight excluding hydrogens is 319 g/mol. The molecule has 0 radical (unpaired) electrons. The van der Waals surface area contributed by atoms with E-state index in [-0.39, 0.29) is 11.8 Å². The van der Waals surface area contributed by atoms with Crippen molar-refractivity contribution in [3.8, 4) is 11.4 Å². The van der Waals surface area contributed by atoms with Crippen LogP contribution in [0.15, 0.2) is 42.6 Å². The Bertz CT molecular complexity index is 848. The van der Waals surface area contributed by atoms with Gasteiger partial charge in [-0.25, -0.2) is 18.2 Å². The number of nitrogens with one attached hydrogen (secondary N) is 2. The molecule has 24 heavy (non-hydrogen) atoms. The lowest BCUT2D eigenvalue weighted by atomic mass is 10.2. The van der Waals surface area contributed by atoms with Crippen LogP contribution in [0.3, 0.4) is 0 Å².